The number of piperazine rings is 1. The first kappa shape index (κ1) is 15.2. The van der Waals surface area contributed by atoms with E-state index in [0.717, 1.165) is 4.88 Å². The summed E-state index contributed by atoms with van der Waals surface area (Å²) >= 11 is 1.21. The van der Waals surface area contributed by atoms with Crippen molar-refractivity contribution in [1.82, 2.24) is 10.2 Å². The Kier molecular flexibility index (Phi) is 4.11. The lowest BCUT2D eigenvalue weighted by Gasteiger charge is -2.39. The minimum Gasteiger partial charge on any atom is -0.320 e. The van der Waals surface area contributed by atoms with Gasteiger partial charge >= 0.3 is 0 Å². The van der Waals surface area contributed by atoms with Crippen molar-refractivity contribution in [3.8, 4) is 11.8 Å². The van der Waals surface area contributed by atoms with Crippen LogP contribution in [0.15, 0.2) is 12.1 Å². The monoisotopic (exact) mass is 305 g/mol. The van der Waals surface area contributed by atoms with Crippen LogP contribution in [0.5, 0.6) is 0 Å². The highest BCUT2D eigenvalue weighted by atomic mass is 32.1. The summed E-state index contributed by atoms with van der Waals surface area (Å²) in [6.07, 6.45) is 0. The molecule has 21 heavy (non-hydrogen) atoms. The second-order valence-electron chi connectivity index (χ2n) is 5.00. The summed E-state index contributed by atoms with van der Waals surface area (Å²) in [5.74, 6) is 4.25. The number of nitrogens with one attached hydrogen (secondary N) is 1. The molecule has 0 atom stereocenters. The largest absolute Gasteiger partial charge is 0.320 e. The summed E-state index contributed by atoms with van der Waals surface area (Å²) in [6.45, 7) is 3.32. The van der Waals surface area contributed by atoms with E-state index in [-0.39, 0.29) is 19.0 Å². The quantitative estimate of drug-likeness (QED) is 0.561. The van der Waals surface area contributed by atoms with Gasteiger partial charge < -0.3 is 10.6 Å². The molecule has 0 bridgehead atoms. The molecular formula is C14H15N3O3S. The zero-order chi connectivity index (χ0) is 15.6. The van der Waals surface area contributed by atoms with E-state index in [1.54, 1.807) is 26.0 Å². The van der Waals surface area contributed by atoms with Crippen LogP contribution in [0.2, 0.25) is 0 Å². The van der Waals surface area contributed by atoms with Crippen LogP contribution < -0.4 is 11.1 Å². The Bertz CT molecular complexity index is 666. The van der Waals surface area contributed by atoms with Gasteiger partial charge in [0.05, 0.1) is 16.3 Å². The Morgan fingerprint density at radius 2 is 2.19 bits per heavy atom. The second kappa shape index (κ2) is 5.68. The number of carbonyl (C=O) groups is 3. The van der Waals surface area contributed by atoms with Crippen molar-refractivity contribution in [2.24, 2.45) is 5.73 Å². The van der Waals surface area contributed by atoms with E-state index in [0.29, 0.717) is 4.88 Å². The molecule has 1 fully saturated rings. The van der Waals surface area contributed by atoms with Crippen molar-refractivity contribution in [2.45, 2.75) is 19.4 Å². The molecule has 110 valence electrons. The van der Waals surface area contributed by atoms with Gasteiger partial charge in [0, 0.05) is 0 Å². The average Bonchev–Trinajstić information content (AvgIpc) is 2.89. The van der Waals surface area contributed by atoms with Gasteiger partial charge in [0.15, 0.2) is 0 Å². The third-order valence-corrected chi connectivity index (χ3v) is 4.15. The standard InChI is InChI=1S/C14H15N3O3S/c1-14(2)13(20)16-11(18)8-17(14)12(19)10-6-5-9(21-10)4-3-7-15/h5-6H,7-8,15H2,1-2H3,(H,16,18,20). The number of carbonyl (C=O) groups excluding carboxylic acids is 3. The first-order chi connectivity index (χ1) is 9.86. The molecule has 3 amide bonds. The Labute approximate surface area is 126 Å². The first-order valence-electron chi connectivity index (χ1n) is 6.31. The fourth-order valence-electron chi connectivity index (χ4n) is 1.90. The van der Waals surface area contributed by atoms with Gasteiger partial charge in [-0.15, -0.1) is 11.3 Å². The maximum Gasteiger partial charge on any atom is 0.265 e. The van der Waals surface area contributed by atoms with E-state index >= 15 is 0 Å². The van der Waals surface area contributed by atoms with Crippen LogP contribution in [0.4, 0.5) is 0 Å². The number of hydrogen-bond acceptors (Lipinski definition) is 5. The lowest BCUT2D eigenvalue weighted by molar-refractivity contribution is -0.143. The van der Waals surface area contributed by atoms with Gasteiger partial charge in [0.1, 0.15) is 12.1 Å². The molecule has 1 aromatic rings. The SMILES string of the molecule is CC1(C)C(=O)NC(=O)CN1C(=O)c1ccc(C#CCN)s1. The molecule has 2 heterocycles. The fourth-order valence-corrected chi connectivity index (χ4v) is 2.73. The molecule has 1 aliphatic rings. The van der Waals surface area contributed by atoms with Crippen molar-refractivity contribution in [1.29, 1.82) is 0 Å². The molecule has 0 aliphatic carbocycles. The molecular weight excluding hydrogens is 290 g/mol. The van der Waals surface area contributed by atoms with Gasteiger partial charge in [-0.1, -0.05) is 11.8 Å². The zero-order valence-corrected chi connectivity index (χ0v) is 12.5. The zero-order valence-electron chi connectivity index (χ0n) is 11.7. The molecule has 0 saturated carbocycles. The maximum absolute atomic E-state index is 12.5. The third kappa shape index (κ3) is 2.96. The number of hydrogen-bond donors (Lipinski definition) is 2. The van der Waals surface area contributed by atoms with Crippen LogP contribution in [0.3, 0.4) is 0 Å². The van der Waals surface area contributed by atoms with Crippen LogP contribution in [-0.4, -0.2) is 41.2 Å². The molecule has 1 aromatic heterocycles. The lowest BCUT2D eigenvalue weighted by Crippen LogP contribution is -2.65. The summed E-state index contributed by atoms with van der Waals surface area (Å²) in [4.78, 5) is 38.3. The van der Waals surface area contributed by atoms with E-state index < -0.39 is 17.4 Å². The summed E-state index contributed by atoms with van der Waals surface area (Å²) < 4.78 is 0. The fraction of sp³-hybridized carbons (Fsp3) is 0.357. The average molecular weight is 305 g/mol. The highest BCUT2D eigenvalue weighted by Crippen LogP contribution is 2.24. The highest BCUT2D eigenvalue weighted by molar-refractivity contribution is 7.14. The summed E-state index contributed by atoms with van der Waals surface area (Å²) in [6, 6.07) is 3.36. The highest BCUT2D eigenvalue weighted by Gasteiger charge is 2.44. The number of nitrogens with two attached hydrogens (primary N) is 1. The normalized spacial score (nSPS) is 17.0. The Hall–Kier alpha value is -2.17. The molecule has 0 spiro atoms. The molecule has 2 rings (SSSR count). The lowest BCUT2D eigenvalue weighted by atomic mass is 9.98. The molecule has 0 unspecified atom stereocenters. The van der Waals surface area contributed by atoms with Crippen molar-refractivity contribution < 1.29 is 14.4 Å². The Balaban J connectivity index is 2.28. The predicted molar refractivity (Wildman–Crippen MR) is 78.5 cm³/mol. The second-order valence-corrected chi connectivity index (χ2v) is 6.08. The molecule has 7 heteroatoms. The van der Waals surface area contributed by atoms with Gasteiger partial charge in [-0.25, -0.2) is 0 Å². The molecule has 6 nitrogen and oxygen atoms in total. The van der Waals surface area contributed by atoms with Gasteiger partial charge in [-0.05, 0) is 26.0 Å². The number of nitrogens with zero attached hydrogens (tertiary/aromatic N) is 1. The minimum absolute atomic E-state index is 0.140. The maximum atomic E-state index is 12.5. The molecule has 0 aromatic carbocycles. The van der Waals surface area contributed by atoms with Gasteiger partial charge in [0.2, 0.25) is 5.91 Å². The number of thiophene rings is 1. The van der Waals surface area contributed by atoms with Gasteiger partial charge in [-0.3, -0.25) is 19.7 Å². The van der Waals surface area contributed by atoms with Crippen LogP contribution in [0.25, 0.3) is 0 Å². The van der Waals surface area contributed by atoms with Crippen LogP contribution >= 0.6 is 11.3 Å². The third-order valence-electron chi connectivity index (χ3n) is 3.16. The number of rotatable bonds is 1. The van der Waals surface area contributed by atoms with Crippen molar-refractivity contribution >= 4 is 29.1 Å². The van der Waals surface area contributed by atoms with E-state index in [2.05, 4.69) is 17.2 Å². The van der Waals surface area contributed by atoms with E-state index in [9.17, 15) is 14.4 Å². The van der Waals surface area contributed by atoms with Crippen molar-refractivity contribution in [3.63, 3.8) is 0 Å². The number of imide groups is 1. The van der Waals surface area contributed by atoms with E-state index in [1.807, 2.05) is 0 Å². The summed E-state index contributed by atoms with van der Waals surface area (Å²) in [7, 11) is 0. The minimum atomic E-state index is -1.07. The van der Waals surface area contributed by atoms with Crippen molar-refractivity contribution in [3.05, 3.63) is 21.9 Å². The van der Waals surface area contributed by atoms with E-state index in [4.69, 9.17) is 5.73 Å². The Morgan fingerprint density at radius 3 is 2.86 bits per heavy atom. The van der Waals surface area contributed by atoms with Crippen LogP contribution in [-0.2, 0) is 9.59 Å². The van der Waals surface area contributed by atoms with Gasteiger partial charge in [0.25, 0.3) is 11.8 Å². The molecule has 1 aliphatic heterocycles. The molecule has 3 N–H and O–H groups in total. The summed E-state index contributed by atoms with van der Waals surface area (Å²) in [5.41, 5.74) is 4.23. The summed E-state index contributed by atoms with van der Waals surface area (Å²) in [5, 5.41) is 2.23. The van der Waals surface area contributed by atoms with Crippen molar-refractivity contribution in [2.75, 3.05) is 13.1 Å². The smallest absolute Gasteiger partial charge is 0.265 e. The van der Waals surface area contributed by atoms with E-state index in [1.165, 1.54) is 16.2 Å². The topological polar surface area (TPSA) is 92.5 Å². The molecule has 0 radical (unpaired) electrons. The Morgan fingerprint density at radius 1 is 1.48 bits per heavy atom. The predicted octanol–water partition coefficient (Wildman–Crippen LogP) is -0.0645. The van der Waals surface area contributed by atoms with Gasteiger partial charge in [-0.2, -0.15) is 0 Å². The molecule has 1 saturated heterocycles. The van der Waals surface area contributed by atoms with Crippen LogP contribution in [0.1, 0.15) is 28.4 Å². The number of amides is 3. The van der Waals surface area contributed by atoms with Crippen LogP contribution in [0, 0.1) is 11.8 Å². The first-order valence-corrected chi connectivity index (χ1v) is 7.13.